The van der Waals surface area contributed by atoms with Crippen molar-refractivity contribution >= 4 is 11.8 Å². The molecule has 1 aromatic carbocycles. The van der Waals surface area contributed by atoms with E-state index in [4.69, 9.17) is 4.74 Å². The van der Waals surface area contributed by atoms with Gasteiger partial charge in [-0.25, -0.2) is 4.79 Å². The van der Waals surface area contributed by atoms with Gasteiger partial charge in [-0.15, -0.1) is 0 Å². The fourth-order valence-corrected chi connectivity index (χ4v) is 2.66. The summed E-state index contributed by atoms with van der Waals surface area (Å²) in [4.78, 5) is 15.7. The van der Waals surface area contributed by atoms with E-state index in [0.717, 1.165) is 25.2 Å². The van der Waals surface area contributed by atoms with Crippen molar-refractivity contribution in [1.29, 1.82) is 0 Å². The van der Waals surface area contributed by atoms with Crippen molar-refractivity contribution in [3.8, 4) is 0 Å². The Morgan fingerprint density at radius 1 is 1.33 bits per heavy atom. The van der Waals surface area contributed by atoms with Gasteiger partial charge < -0.3 is 9.64 Å². The van der Waals surface area contributed by atoms with Gasteiger partial charge in [0.1, 0.15) is 6.10 Å². The fraction of sp³-hybridized carbons (Fsp3) is 0.500. The Kier molecular flexibility index (Phi) is 2.74. The molecule has 0 N–H and O–H groups in total. The number of anilines is 1. The molecule has 1 fully saturated rings. The second-order valence-corrected chi connectivity index (χ2v) is 5.25. The van der Waals surface area contributed by atoms with E-state index in [0.29, 0.717) is 6.54 Å². The highest BCUT2D eigenvalue weighted by Crippen LogP contribution is 2.27. The minimum absolute atomic E-state index is 0.0142. The molecule has 0 saturated carbocycles. The molecule has 0 spiro atoms. The molecular weight excluding hydrogens is 228 g/mol. The molecule has 1 saturated heterocycles. The van der Waals surface area contributed by atoms with Gasteiger partial charge in [0.15, 0.2) is 0 Å². The van der Waals surface area contributed by atoms with Crippen molar-refractivity contribution in [3.05, 3.63) is 29.3 Å². The minimum atomic E-state index is -0.227. The Balaban J connectivity index is 1.89. The predicted molar refractivity (Wildman–Crippen MR) is 69.8 cm³/mol. The average Bonchev–Trinajstić information content (AvgIpc) is 2.68. The average molecular weight is 246 g/mol. The number of carbonyl (C=O) groups is 1. The SMILES string of the molecule is CC1CN(c2ccc3c(c2)CCN(C)C3)C(=O)O1. The molecule has 0 aliphatic carbocycles. The van der Waals surface area contributed by atoms with E-state index < -0.39 is 0 Å². The van der Waals surface area contributed by atoms with Crippen LogP contribution in [0.3, 0.4) is 0 Å². The van der Waals surface area contributed by atoms with Crippen LogP contribution in [0.5, 0.6) is 0 Å². The van der Waals surface area contributed by atoms with Gasteiger partial charge in [0.05, 0.1) is 6.54 Å². The van der Waals surface area contributed by atoms with E-state index in [9.17, 15) is 4.79 Å². The van der Waals surface area contributed by atoms with Gasteiger partial charge in [0.25, 0.3) is 0 Å². The van der Waals surface area contributed by atoms with Gasteiger partial charge in [0.2, 0.25) is 0 Å². The molecule has 2 aliphatic heterocycles. The van der Waals surface area contributed by atoms with Crippen molar-refractivity contribution in [1.82, 2.24) is 4.90 Å². The van der Waals surface area contributed by atoms with Gasteiger partial charge in [0, 0.05) is 18.8 Å². The van der Waals surface area contributed by atoms with Crippen molar-refractivity contribution in [2.75, 3.05) is 25.0 Å². The Morgan fingerprint density at radius 3 is 2.89 bits per heavy atom. The van der Waals surface area contributed by atoms with E-state index in [1.54, 1.807) is 4.90 Å². The molecule has 96 valence electrons. The van der Waals surface area contributed by atoms with Crippen LogP contribution < -0.4 is 4.90 Å². The van der Waals surface area contributed by atoms with Crippen LogP contribution in [0.2, 0.25) is 0 Å². The van der Waals surface area contributed by atoms with Crippen LogP contribution in [0.1, 0.15) is 18.1 Å². The fourth-order valence-electron chi connectivity index (χ4n) is 2.66. The summed E-state index contributed by atoms with van der Waals surface area (Å²) >= 11 is 0. The van der Waals surface area contributed by atoms with Crippen LogP contribution in [-0.4, -0.2) is 37.2 Å². The first-order valence-electron chi connectivity index (χ1n) is 6.42. The molecule has 0 bridgehead atoms. The van der Waals surface area contributed by atoms with Crippen molar-refractivity contribution < 1.29 is 9.53 Å². The molecule has 1 atom stereocenters. The smallest absolute Gasteiger partial charge is 0.414 e. The van der Waals surface area contributed by atoms with E-state index in [1.165, 1.54) is 11.1 Å². The zero-order valence-corrected chi connectivity index (χ0v) is 10.8. The van der Waals surface area contributed by atoms with Gasteiger partial charge in [-0.2, -0.15) is 0 Å². The quantitative estimate of drug-likeness (QED) is 0.760. The number of hydrogen-bond acceptors (Lipinski definition) is 3. The Hall–Kier alpha value is -1.55. The number of benzene rings is 1. The van der Waals surface area contributed by atoms with Crippen LogP contribution >= 0.6 is 0 Å². The van der Waals surface area contributed by atoms with E-state index in [2.05, 4.69) is 24.1 Å². The molecule has 3 rings (SSSR count). The second-order valence-electron chi connectivity index (χ2n) is 5.25. The summed E-state index contributed by atoms with van der Waals surface area (Å²) < 4.78 is 5.17. The van der Waals surface area contributed by atoms with Crippen molar-refractivity contribution in [2.45, 2.75) is 26.0 Å². The zero-order chi connectivity index (χ0) is 12.7. The van der Waals surface area contributed by atoms with Crippen LogP contribution in [0.4, 0.5) is 10.5 Å². The number of fused-ring (bicyclic) bond motifs is 1. The molecule has 1 amide bonds. The maximum absolute atomic E-state index is 11.7. The number of nitrogens with zero attached hydrogens (tertiary/aromatic N) is 2. The molecule has 2 heterocycles. The molecule has 4 heteroatoms. The first-order chi connectivity index (χ1) is 8.63. The number of carbonyl (C=O) groups excluding carboxylic acids is 1. The largest absolute Gasteiger partial charge is 0.444 e. The number of amides is 1. The number of rotatable bonds is 1. The summed E-state index contributed by atoms with van der Waals surface area (Å²) in [5.41, 5.74) is 3.69. The maximum atomic E-state index is 11.7. The lowest BCUT2D eigenvalue weighted by atomic mass is 9.99. The Bertz CT molecular complexity index is 487. The number of ether oxygens (including phenoxy) is 1. The molecule has 2 aliphatic rings. The molecule has 0 aromatic heterocycles. The molecular formula is C14H18N2O2. The lowest BCUT2D eigenvalue weighted by Crippen LogP contribution is -2.28. The highest BCUT2D eigenvalue weighted by atomic mass is 16.6. The van der Waals surface area contributed by atoms with Crippen LogP contribution in [0, 0.1) is 0 Å². The molecule has 0 radical (unpaired) electrons. The molecule has 1 aromatic rings. The summed E-state index contributed by atoms with van der Waals surface area (Å²) in [6.45, 7) is 4.65. The zero-order valence-electron chi connectivity index (χ0n) is 10.8. The first kappa shape index (κ1) is 11.5. The highest BCUT2D eigenvalue weighted by Gasteiger charge is 2.29. The Labute approximate surface area is 107 Å². The summed E-state index contributed by atoms with van der Waals surface area (Å²) in [6.07, 6.45) is 0.813. The van der Waals surface area contributed by atoms with Gasteiger partial charge in [-0.3, -0.25) is 4.90 Å². The number of cyclic esters (lactones) is 1. The van der Waals surface area contributed by atoms with E-state index >= 15 is 0 Å². The summed E-state index contributed by atoms with van der Waals surface area (Å²) in [7, 11) is 2.14. The summed E-state index contributed by atoms with van der Waals surface area (Å²) in [6, 6.07) is 6.30. The van der Waals surface area contributed by atoms with Crippen LogP contribution in [0.15, 0.2) is 18.2 Å². The number of likely N-dealkylation sites (N-methyl/N-ethyl adjacent to an activating group) is 1. The first-order valence-corrected chi connectivity index (χ1v) is 6.42. The molecule has 4 nitrogen and oxygen atoms in total. The van der Waals surface area contributed by atoms with Crippen LogP contribution in [0.25, 0.3) is 0 Å². The number of hydrogen-bond donors (Lipinski definition) is 0. The lowest BCUT2D eigenvalue weighted by molar-refractivity contribution is 0.150. The highest BCUT2D eigenvalue weighted by molar-refractivity contribution is 5.89. The van der Waals surface area contributed by atoms with Gasteiger partial charge in [-0.05, 0) is 43.7 Å². The Morgan fingerprint density at radius 2 is 2.17 bits per heavy atom. The standard InChI is InChI=1S/C14H18N2O2/c1-10-8-16(14(17)18-10)13-4-3-12-9-15(2)6-5-11(12)7-13/h3-4,7,10H,5-6,8-9H2,1-2H3. The molecule has 1 unspecified atom stereocenters. The summed E-state index contributed by atoms with van der Waals surface area (Å²) in [5, 5.41) is 0. The van der Waals surface area contributed by atoms with E-state index in [1.807, 2.05) is 13.0 Å². The molecule has 18 heavy (non-hydrogen) atoms. The van der Waals surface area contributed by atoms with E-state index in [-0.39, 0.29) is 12.2 Å². The van der Waals surface area contributed by atoms with Gasteiger partial charge in [-0.1, -0.05) is 6.07 Å². The third-order valence-electron chi connectivity index (χ3n) is 3.67. The van der Waals surface area contributed by atoms with Gasteiger partial charge >= 0.3 is 6.09 Å². The third kappa shape index (κ3) is 1.97. The topological polar surface area (TPSA) is 32.8 Å². The van der Waals surface area contributed by atoms with Crippen LogP contribution in [-0.2, 0) is 17.7 Å². The predicted octanol–water partition coefficient (Wildman–Crippen LogP) is 2.02. The maximum Gasteiger partial charge on any atom is 0.414 e. The second kappa shape index (κ2) is 4.28. The minimum Gasteiger partial charge on any atom is -0.444 e. The normalized spacial score (nSPS) is 24.0. The van der Waals surface area contributed by atoms with Crippen molar-refractivity contribution in [3.63, 3.8) is 0 Å². The lowest BCUT2D eigenvalue weighted by Gasteiger charge is -2.26. The third-order valence-corrected chi connectivity index (χ3v) is 3.67. The van der Waals surface area contributed by atoms with Crippen molar-refractivity contribution in [2.24, 2.45) is 0 Å². The monoisotopic (exact) mass is 246 g/mol. The summed E-state index contributed by atoms with van der Waals surface area (Å²) in [5.74, 6) is 0.